The number of hydrogen-bond donors (Lipinski definition) is 2. The van der Waals surface area contributed by atoms with Crippen LogP contribution >= 0.6 is 0 Å². The fraction of sp³-hybridized carbons (Fsp3) is 0.731. The molecule has 6 aliphatic rings. The average molecular weight is 1020 g/mol. The highest BCUT2D eigenvalue weighted by molar-refractivity contribution is 5.82. The quantitative estimate of drug-likeness (QED) is 0.0631. The third kappa shape index (κ3) is 18.3. The number of rotatable bonds is 18. The van der Waals surface area contributed by atoms with Crippen LogP contribution in [0, 0.1) is 47.3 Å². The lowest BCUT2D eigenvalue weighted by Gasteiger charge is -2.32. The van der Waals surface area contributed by atoms with Gasteiger partial charge in [0, 0.05) is 12.2 Å². The van der Waals surface area contributed by atoms with Crippen LogP contribution in [0.2, 0.25) is 0 Å². The number of ether oxygens (including phenoxy) is 8. The fourth-order valence-corrected chi connectivity index (χ4v) is 10.5. The van der Waals surface area contributed by atoms with Gasteiger partial charge in [-0.1, -0.05) is 13.2 Å². The molecule has 0 spiro atoms. The van der Waals surface area contributed by atoms with Crippen LogP contribution in [-0.2, 0) is 85.8 Å². The van der Waals surface area contributed by atoms with Crippen LogP contribution in [0.5, 0.6) is 0 Å². The van der Waals surface area contributed by atoms with Gasteiger partial charge in [-0.25, -0.2) is 9.59 Å². The summed E-state index contributed by atoms with van der Waals surface area (Å²) in [5, 5.41) is 18.2. The second kappa shape index (κ2) is 29.0. The van der Waals surface area contributed by atoms with E-state index in [-0.39, 0.29) is 95.6 Å². The highest BCUT2D eigenvalue weighted by Crippen LogP contribution is 2.36. The van der Waals surface area contributed by atoms with E-state index in [4.69, 9.17) is 38.6 Å². The van der Waals surface area contributed by atoms with E-state index >= 15 is 0 Å². The highest BCUT2D eigenvalue weighted by Gasteiger charge is 2.38. The van der Waals surface area contributed by atoms with Crippen molar-refractivity contribution in [3.8, 4) is 0 Å². The SMILES string of the molecule is C=CC(=O)OCOC(=O)C1CCC(C(=O)OC2CCC(C(=O)OC3CCC(C(=O)O)CC3)CC2)CC1.C=CC(=O)OCOC(=O)C1CCC(OC(=O)C2CCC(C(=O)OC3CCC(C(=O)O)CC3)CC2)CC1. The molecule has 0 saturated heterocycles. The second-order valence-electron chi connectivity index (χ2n) is 19.9. The van der Waals surface area contributed by atoms with Gasteiger partial charge in [0.25, 0.3) is 0 Å². The predicted molar refractivity (Wildman–Crippen MR) is 248 cm³/mol. The summed E-state index contributed by atoms with van der Waals surface area (Å²) in [7, 11) is 0. The van der Waals surface area contributed by atoms with E-state index in [1.165, 1.54) is 0 Å². The van der Waals surface area contributed by atoms with Crippen molar-refractivity contribution in [1.82, 2.24) is 0 Å². The largest absolute Gasteiger partial charge is 0.481 e. The zero-order valence-corrected chi connectivity index (χ0v) is 41.1. The molecule has 0 unspecified atom stereocenters. The molecule has 0 heterocycles. The summed E-state index contributed by atoms with van der Waals surface area (Å²) < 4.78 is 41.9. The van der Waals surface area contributed by atoms with Crippen molar-refractivity contribution in [1.29, 1.82) is 0 Å². The average Bonchev–Trinajstić information content (AvgIpc) is 3.39. The summed E-state index contributed by atoms with van der Waals surface area (Å²) in [6.45, 7) is 5.63. The lowest BCUT2D eigenvalue weighted by atomic mass is 9.81. The number of hydrogen-bond acceptors (Lipinski definition) is 18. The van der Waals surface area contributed by atoms with E-state index in [1.807, 2.05) is 0 Å². The van der Waals surface area contributed by atoms with Gasteiger partial charge in [0.2, 0.25) is 13.6 Å². The Morgan fingerprint density at radius 3 is 0.708 bits per heavy atom. The Hall–Kier alpha value is -5.82. The molecule has 20 nitrogen and oxygen atoms in total. The third-order valence-corrected chi connectivity index (χ3v) is 15.1. The molecule has 6 saturated carbocycles. The Labute approximate surface area is 419 Å². The Morgan fingerprint density at radius 2 is 0.500 bits per heavy atom. The minimum absolute atomic E-state index is 0.210. The molecule has 72 heavy (non-hydrogen) atoms. The van der Waals surface area contributed by atoms with Crippen LogP contribution in [0.3, 0.4) is 0 Å². The highest BCUT2D eigenvalue weighted by atomic mass is 16.7. The van der Waals surface area contributed by atoms with Gasteiger partial charge in [-0.3, -0.25) is 38.4 Å². The van der Waals surface area contributed by atoms with Crippen LogP contribution < -0.4 is 0 Å². The first-order chi connectivity index (χ1) is 34.5. The molecule has 0 atom stereocenters. The van der Waals surface area contributed by atoms with Gasteiger partial charge in [0.15, 0.2) is 0 Å². The Morgan fingerprint density at radius 1 is 0.306 bits per heavy atom. The standard InChI is InChI=1S/2C26H36O10/c1-2-22(27)33-15-34-24(30)17-9-13-21(14-10-17)36-26(32)19-5-3-18(4-6-19)25(31)35-20-11-7-16(8-12-20)23(28)29;1-2-22(27)33-15-34-24(30)17-3-5-18(6-4-17)25(31)36-21-13-9-19(10-14-21)26(32)35-20-11-7-16(8-12-20)23(28)29/h2*2,16-21H,1,3-15H2,(H,28,29). The van der Waals surface area contributed by atoms with Crippen molar-refractivity contribution in [3.05, 3.63) is 25.3 Å². The molecule has 0 aliphatic heterocycles. The monoisotopic (exact) mass is 1020 g/mol. The zero-order valence-electron chi connectivity index (χ0n) is 41.1. The number of carbonyl (C=O) groups is 10. The summed E-state index contributed by atoms with van der Waals surface area (Å²) in [6.07, 6.45) is 14.4. The lowest BCUT2D eigenvalue weighted by molar-refractivity contribution is -0.171. The van der Waals surface area contributed by atoms with E-state index < -0.39 is 49.4 Å². The maximum Gasteiger partial charge on any atom is 0.333 e. The van der Waals surface area contributed by atoms with Crippen LogP contribution in [0.1, 0.15) is 154 Å². The van der Waals surface area contributed by atoms with Crippen molar-refractivity contribution in [2.75, 3.05) is 13.6 Å². The summed E-state index contributed by atoms with van der Waals surface area (Å²) in [5.74, 6) is -7.09. The minimum atomic E-state index is -0.788. The van der Waals surface area contributed by atoms with Crippen molar-refractivity contribution < 1.29 is 96.1 Å². The fourth-order valence-electron chi connectivity index (χ4n) is 10.5. The van der Waals surface area contributed by atoms with Crippen molar-refractivity contribution in [2.45, 2.75) is 179 Å². The van der Waals surface area contributed by atoms with Crippen molar-refractivity contribution >= 4 is 59.7 Å². The predicted octanol–water partition coefficient (Wildman–Crippen LogP) is 6.62. The van der Waals surface area contributed by atoms with Gasteiger partial charge in [-0.2, -0.15) is 0 Å². The smallest absolute Gasteiger partial charge is 0.333 e. The lowest BCUT2D eigenvalue weighted by Crippen LogP contribution is -2.34. The number of carboxylic acid groups (broad SMARTS) is 2. The maximum absolute atomic E-state index is 12.7. The van der Waals surface area contributed by atoms with Gasteiger partial charge in [-0.15, -0.1) is 0 Å². The van der Waals surface area contributed by atoms with E-state index in [0.29, 0.717) is 154 Å². The van der Waals surface area contributed by atoms with Crippen LogP contribution in [0.15, 0.2) is 25.3 Å². The number of carbonyl (C=O) groups excluding carboxylic acids is 8. The number of aliphatic carboxylic acids is 2. The topological polar surface area (TPSA) is 285 Å². The molecule has 6 aliphatic carbocycles. The Bertz CT molecular complexity index is 1900. The first-order valence-corrected chi connectivity index (χ1v) is 25.7. The van der Waals surface area contributed by atoms with Crippen molar-refractivity contribution in [3.63, 3.8) is 0 Å². The molecule has 0 aromatic heterocycles. The molecule has 0 radical (unpaired) electrons. The van der Waals surface area contributed by atoms with Crippen LogP contribution in [-0.4, -0.2) is 108 Å². The van der Waals surface area contributed by atoms with E-state index in [9.17, 15) is 47.9 Å². The van der Waals surface area contributed by atoms with Gasteiger partial charge >= 0.3 is 59.7 Å². The summed E-state index contributed by atoms with van der Waals surface area (Å²) in [6, 6.07) is 0. The normalized spacial score (nSPS) is 30.3. The van der Waals surface area contributed by atoms with E-state index in [0.717, 1.165) is 12.2 Å². The first kappa shape index (κ1) is 57.1. The molecule has 400 valence electrons. The molecule has 0 bridgehead atoms. The minimum Gasteiger partial charge on any atom is -0.481 e. The van der Waals surface area contributed by atoms with Gasteiger partial charge < -0.3 is 48.1 Å². The molecule has 0 aromatic rings. The number of esters is 8. The van der Waals surface area contributed by atoms with Crippen LogP contribution in [0.4, 0.5) is 0 Å². The van der Waals surface area contributed by atoms with Crippen LogP contribution in [0.25, 0.3) is 0 Å². The third-order valence-electron chi connectivity index (χ3n) is 15.1. The van der Waals surface area contributed by atoms with E-state index in [2.05, 4.69) is 22.6 Å². The Balaban J connectivity index is 0.000000267. The molecule has 6 rings (SSSR count). The van der Waals surface area contributed by atoms with E-state index in [1.54, 1.807) is 0 Å². The van der Waals surface area contributed by atoms with Gasteiger partial charge in [-0.05, 0) is 154 Å². The Kier molecular flexibility index (Phi) is 23.0. The first-order valence-electron chi connectivity index (χ1n) is 25.7. The molecule has 6 fully saturated rings. The molecule has 0 amide bonds. The molecule has 2 N–H and O–H groups in total. The molecule has 0 aromatic carbocycles. The van der Waals surface area contributed by atoms with Gasteiger partial charge in [0.1, 0.15) is 24.4 Å². The molecular weight excluding hydrogens is 945 g/mol. The van der Waals surface area contributed by atoms with Crippen molar-refractivity contribution in [2.24, 2.45) is 47.3 Å². The second-order valence-corrected chi connectivity index (χ2v) is 19.9. The maximum atomic E-state index is 12.7. The summed E-state index contributed by atoms with van der Waals surface area (Å²) in [4.78, 5) is 119. The summed E-state index contributed by atoms with van der Waals surface area (Å²) in [5.41, 5.74) is 0. The molecular formula is C52H72O20. The summed E-state index contributed by atoms with van der Waals surface area (Å²) >= 11 is 0. The number of carboxylic acids is 2. The molecule has 20 heteroatoms. The zero-order chi connectivity index (χ0) is 52.2. The van der Waals surface area contributed by atoms with Gasteiger partial charge in [0.05, 0.1) is 47.3 Å².